The molecule has 3 rings (SSSR count). The molecule has 1 aliphatic heterocycles. The summed E-state index contributed by atoms with van der Waals surface area (Å²) in [7, 11) is 3.06. The lowest BCUT2D eigenvalue weighted by Crippen LogP contribution is -2.43. The molecule has 0 unspecified atom stereocenters. The molecular weight excluding hydrogens is 402 g/mol. The first-order chi connectivity index (χ1) is 14.9. The van der Waals surface area contributed by atoms with E-state index in [-0.39, 0.29) is 12.5 Å². The van der Waals surface area contributed by atoms with Crippen molar-refractivity contribution in [1.29, 1.82) is 0 Å². The van der Waals surface area contributed by atoms with Gasteiger partial charge in [-0.3, -0.25) is 14.4 Å². The van der Waals surface area contributed by atoms with Crippen molar-refractivity contribution in [3.05, 3.63) is 48.0 Å². The lowest BCUT2D eigenvalue weighted by molar-refractivity contribution is -0.137. The third-order valence-electron chi connectivity index (χ3n) is 4.76. The smallest absolute Gasteiger partial charge is 0.251 e. The molecule has 2 N–H and O–H groups in total. The van der Waals surface area contributed by atoms with Crippen LogP contribution in [0.15, 0.2) is 42.5 Å². The first-order valence-corrected chi connectivity index (χ1v) is 9.73. The van der Waals surface area contributed by atoms with Crippen molar-refractivity contribution in [1.82, 2.24) is 10.2 Å². The number of anilines is 1. The Labute approximate surface area is 180 Å². The number of carbonyl (C=O) groups is 3. The van der Waals surface area contributed by atoms with E-state index >= 15 is 0 Å². The van der Waals surface area contributed by atoms with Gasteiger partial charge in [0.2, 0.25) is 11.8 Å². The Balaban J connectivity index is 1.84. The van der Waals surface area contributed by atoms with Crippen LogP contribution in [-0.4, -0.2) is 56.5 Å². The van der Waals surface area contributed by atoms with E-state index in [1.165, 1.54) is 18.9 Å². The van der Waals surface area contributed by atoms with Gasteiger partial charge in [-0.2, -0.15) is 0 Å². The second-order valence-corrected chi connectivity index (χ2v) is 6.94. The number of fused-ring (bicyclic) bond motifs is 1. The van der Waals surface area contributed by atoms with Crippen LogP contribution in [0.5, 0.6) is 17.2 Å². The van der Waals surface area contributed by atoms with E-state index in [0.717, 1.165) is 0 Å². The summed E-state index contributed by atoms with van der Waals surface area (Å²) in [4.78, 5) is 38.3. The number of methoxy groups -OCH3 is 1. The van der Waals surface area contributed by atoms with Crippen molar-refractivity contribution in [2.45, 2.75) is 13.0 Å². The molecule has 9 nitrogen and oxygen atoms in total. The third kappa shape index (κ3) is 5.44. The van der Waals surface area contributed by atoms with Gasteiger partial charge in [0, 0.05) is 25.7 Å². The van der Waals surface area contributed by atoms with E-state index in [1.807, 2.05) is 0 Å². The molecule has 2 aromatic carbocycles. The minimum Gasteiger partial charge on any atom is -0.497 e. The molecule has 1 aliphatic rings. The standard InChI is InChI=1S/C22H25N3O6/c1-14(26)23-13-20(27)25(2)21(15-4-7-17(29-3)8-5-15)22(28)24-16-6-9-18-19(12-16)31-11-10-30-18/h4-9,12,21H,10-11,13H2,1-3H3,(H,23,26)(H,24,28)/t21-/m1/s1. The second kappa shape index (κ2) is 9.84. The summed E-state index contributed by atoms with van der Waals surface area (Å²) in [5.74, 6) is 0.623. The fraction of sp³-hybridized carbons (Fsp3) is 0.318. The molecule has 0 radical (unpaired) electrons. The Bertz CT molecular complexity index is 960. The number of likely N-dealkylation sites (N-methyl/N-ethyl adjacent to an activating group) is 1. The normalized spacial score (nSPS) is 13.0. The van der Waals surface area contributed by atoms with Gasteiger partial charge in [-0.15, -0.1) is 0 Å². The quantitative estimate of drug-likeness (QED) is 0.697. The van der Waals surface area contributed by atoms with E-state index < -0.39 is 17.9 Å². The number of ether oxygens (including phenoxy) is 3. The highest BCUT2D eigenvalue weighted by Crippen LogP contribution is 2.33. The molecule has 1 atom stereocenters. The molecule has 0 bridgehead atoms. The predicted octanol–water partition coefficient (Wildman–Crippen LogP) is 1.74. The highest BCUT2D eigenvalue weighted by Gasteiger charge is 2.29. The highest BCUT2D eigenvalue weighted by molar-refractivity contribution is 5.98. The highest BCUT2D eigenvalue weighted by atomic mass is 16.6. The average molecular weight is 427 g/mol. The van der Waals surface area contributed by atoms with Crippen molar-refractivity contribution < 1.29 is 28.6 Å². The van der Waals surface area contributed by atoms with E-state index in [1.54, 1.807) is 49.6 Å². The van der Waals surface area contributed by atoms with Crippen molar-refractivity contribution in [3.8, 4) is 17.2 Å². The number of nitrogens with zero attached hydrogens (tertiary/aromatic N) is 1. The van der Waals surface area contributed by atoms with Crippen LogP contribution in [0, 0.1) is 0 Å². The van der Waals surface area contributed by atoms with Crippen molar-refractivity contribution in [2.24, 2.45) is 0 Å². The summed E-state index contributed by atoms with van der Waals surface area (Å²) >= 11 is 0. The van der Waals surface area contributed by atoms with Gasteiger partial charge in [-0.1, -0.05) is 12.1 Å². The van der Waals surface area contributed by atoms with E-state index in [0.29, 0.717) is 41.7 Å². The summed E-state index contributed by atoms with van der Waals surface area (Å²) in [6.45, 7) is 2.01. The maximum atomic E-state index is 13.2. The molecule has 0 spiro atoms. The summed E-state index contributed by atoms with van der Waals surface area (Å²) in [6, 6.07) is 11.0. The Hall–Kier alpha value is -3.75. The van der Waals surface area contributed by atoms with Crippen molar-refractivity contribution >= 4 is 23.4 Å². The van der Waals surface area contributed by atoms with Crippen LogP contribution in [0.2, 0.25) is 0 Å². The molecule has 0 saturated carbocycles. The van der Waals surface area contributed by atoms with Gasteiger partial charge in [0.15, 0.2) is 11.5 Å². The zero-order chi connectivity index (χ0) is 22.4. The summed E-state index contributed by atoms with van der Waals surface area (Å²) in [5, 5.41) is 5.29. The number of benzene rings is 2. The maximum Gasteiger partial charge on any atom is 0.251 e. The van der Waals surface area contributed by atoms with Gasteiger partial charge in [-0.25, -0.2) is 0 Å². The summed E-state index contributed by atoms with van der Waals surface area (Å²) < 4.78 is 16.2. The molecule has 9 heteroatoms. The molecule has 0 aliphatic carbocycles. The molecular formula is C22H25N3O6. The van der Waals surface area contributed by atoms with Gasteiger partial charge in [0.25, 0.3) is 5.91 Å². The van der Waals surface area contributed by atoms with Crippen molar-refractivity contribution in [2.75, 3.05) is 39.2 Å². The molecule has 31 heavy (non-hydrogen) atoms. The van der Waals surface area contributed by atoms with E-state index in [2.05, 4.69) is 10.6 Å². The molecule has 2 aromatic rings. The van der Waals surface area contributed by atoms with Crippen LogP contribution in [0.1, 0.15) is 18.5 Å². The third-order valence-corrected chi connectivity index (χ3v) is 4.76. The first-order valence-electron chi connectivity index (χ1n) is 9.73. The lowest BCUT2D eigenvalue weighted by atomic mass is 10.0. The summed E-state index contributed by atoms with van der Waals surface area (Å²) in [6.07, 6.45) is 0. The second-order valence-electron chi connectivity index (χ2n) is 6.94. The Kier molecular flexibility index (Phi) is 6.96. The van der Waals surface area contributed by atoms with Crippen LogP contribution < -0.4 is 24.8 Å². The number of nitrogens with one attached hydrogen (secondary N) is 2. The van der Waals surface area contributed by atoms with Gasteiger partial charge in [-0.05, 0) is 29.8 Å². The largest absolute Gasteiger partial charge is 0.497 e. The summed E-state index contributed by atoms with van der Waals surface area (Å²) in [5.41, 5.74) is 1.10. The van der Waals surface area contributed by atoms with E-state index in [4.69, 9.17) is 14.2 Å². The SMILES string of the molecule is COc1ccc([C@H](C(=O)Nc2ccc3c(c2)OCCO3)N(C)C(=O)CNC(C)=O)cc1. The fourth-order valence-corrected chi connectivity index (χ4v) is 3.14. The maximum absolute atomic E-state index is 13.2. The van der Waals surface area contributed by atoms with Crippen LogP contribution in [0.3, 0.4) is 0 Å². The topological polar surface area (TPSA) is 106 Å². The lowest BCUT2D eigenvalue weighted by Gasteiger charge is -2.28. The number of rotatable bonds is 7. The Morgan fingerprint density at radius 2 is 1.74 bits per heavy atom. The zero-order valence-electron chi connectivity index (χ0n) is 17.6. The van der Waals surface area contributed by atoms with Gasteiger partial charge in [0.05, 0.1) is 13.7 Å². The van der Waals surface area contributed by atoms with Gasteiger partial charge < -0.3 is 29.7 Å². The number of carbonyl (C=O) groups excluding carboxylic acids is 3. The van der Waals surface area contributed by atoms with Crippen molar-refractivity contribution in [3.63, 3.8) is 0 Å². The van der Waals surface area contributed by atoms with Gasteiger partial charge in [0.1, 0.15) is 25.0 Å². The first kappa shape index (κ1) is 21.9. The van der Waals surface area contributed by atoms with Crippen LogP contribution in [0.4, 0.5) is 5.69 Å². The monoisotopic (exact) mass is 427 g/mol. The van der Waals surface area contributed by atoms with Crippen LogP contribution in [-0.2, 0) is 14.4 Å². The minimum absolute atomic E-state index is 0.213. The zero-order valence-corrected chi connectivity index (χ0v) is 17.6. The molecule has 1 heterocycles. The number of amides is 3. The fourth-order valence-electron chi connectivity index (χ4n) is 3.14. The Morgan fingerprint density at radius 3 is 2.39 bits per heavy atom. The molecule has 164 valence electrons. The average Bonchev–Trinajstić information content (AvgIpc) is 2.77. The predicted molar refractivity (Wildman–Crippen MR) is 113 cm³/mol. The van der Waals surface area contributed by atoms with Crippen LogP contribution in [0.25, 0.3) is 0 Å². The van der Waals surface area contributed by atoms with Gasteiger partial charge >= 0.3 is 0 Å². The Morgan fingerprint density at radius 1 is 1.06 bits per heavy atom. The number of hydrogen-bond acceptors (Lipinski definition) is 6. The van der Waals surface area contributed by atoms with Crippen LogP contribution >= 0.6 is 0 Å². The minimum atomic E-state index is -0.930. The molecule has 0 fully saturated rings. The number of hydrogen-bond donors (Lipinski definition) is 2. The van der Waals surface area contributed by atoms with E-state index in [9.17, 15) is 14.4 Å². The molecule has 0 saturated heterocycles. The molecule has 3 amide bonds. The molecule has 0 aromatic heterocycles.